The van der Waals surface area contributed by atoms with Crippen LogP contribution in [0.15, 0.2) is 84.9 Å². The molecule has 0 aromatic heterocycles. The number of carboxylic acids is 1. The Kier molecular flexibility index (Phi) is 5.64. The molecule has 4 aromatic carbocycles. The van der Waals surface area contributed by atoms with Gasteiger partial charge in [-0.05, 0) is 50.7 Å². The Labute approximate surface area is 196 Å². The molecule has 1 aliphatic carbocycles. The number of fused-ring (bicyclic) bond motifs is 4. The lowest BCUT2D eigenvalue weighted by Gasteiger charge is -2.18. The normalized spacial score (nSPS) is 13.2. The van der Waals surface area contributed by atoms with Crippen molar-refractivity contribution in [3.05, 3.63) is 102 Å². The molecule has 0 saturated heterocycles. The topological polar surface area (TPSA) is 95.9 Å². The quantitative estimate of drug-likeness (QED) is 0.378. The average molecular weight is 453 g/mol. The molecule has 4 aromatic rings. The molecule has 5 rings (SSSR count). The first-order valence-electron chi connectivity index (χ1n) is 11.1. The van der Waals surface area contributed by atoms with Gasteiger partial charge in [-0.25, -0.2) is 9.59 Å². The number of rotatable bonds is 6. The van der Waals surface area contributed by atoms with E-state index in [1.165, 1.54) is 0 Å². The zero-order valence-electron chi connectivity index (χ0n) is 18.3. The first-order valence-corrected chi connectivity index (χ1v) is 11.1. The summed E-state index contributed by atoms with van der Waals surface area (Å²) in [5, 5.41) is 23.6. The van der Waals surface area contributed by atoms with Crippen molar-refractivity contribution in [2.24, 2.45) is 0 Å². The third kappa shape index (κ3) is 4.06. The molecule has 0 aliphatic heterocycles. The number of phenols is 1. The van der Waals surface area contributed by atoms with Crippen molar-refractivity contribution < 1.29 is 24.5 Å². The molecule has 0 unspecified atom stereocenters. The van der Waals surface area contributed by atoms with Gasteiger partial charge in [0, 0.05) is 12.3 Å². The second-order valence-corrected chi connectivity index (χ2v) is 8.39. The van der Waals surface area contributed by atoms with E-state index in [2.05, 4.69) is 17.4 Å². The predicted molar refractivity (Wildman–Crippen MR) is 129 cm³/mol. The molecule has 1 aliphatic rings. The monoisotopic (exact) mass is 453 g/mol. The Morgan fingerprint density at radius 1 is 0.882 bits per heavy atom. The molecule has 6 nitrogen and oxygen atoms in total. The van der Waals surface area contributed by atoms with Gasteiger partial charge in [0.15, 0.2) is 0 Å². The molecule has 0 radical (unpaired) electrons. The lowest BCUT2D eigenvalue weighted by molar-refractivity contribution is -0.139. The Morgan fingerprint density at radius 2 is 1.56 bits per heavy atom. The standard InChI is InChI=1S/C28H23NO5/c30-19-12-13-20-17(14-19)6-5-7-18(20)15-26(27(31)32)29-28(33)34-16-25-23-10-3-1-8-21(23)22-9-2-4-11-24(22)25/h1-14,25-26,30H,15-16H2,(H,29,33)(H,31,32)/t26-/m0/s1. The summed E-state index contributed by atoms with van der Waals surface area (Å²) in [6, 6.07) is 25.3. The first-order chi connectivity index (χ1) is 16.5. The van der Waals surface area contributed by atoms with Gasteiger partial charge in [0.2, 0.25) is 0 Å². The third-order valence-corrected chi connectivity index (χ3v) is 6.31. The number of alkyl carbamates (subject to hydrolysis) is 1. The van der Waals surface area contributed by atoms with Gasteiger partial charge in [0.05, 0.1) is 0 Å². The number of phenolic OH excluding ortho intramolecular Hbond substituents is 1. The Bertz CT molecular complexity index is 1350. The van der Waals surface area contributed by atoms with Crippen LogP contribution in [0, 0.1) is 0 Å². The lowest BCUT2D eigenvalue weighted by Crippen LogP contribution is -2.43. The van der Waals surface area contributed by atoms with Crippen molar-refractivity contribution in [1.29, 1.82) is 0 Å². The number of aromatic hydroxyl groups is 1. The second-order valence-electron chi connectivity index (χ2n) is 8.39. The summed E-state index contributed by atoms with van der Waals surface area (Å²) >= 11 is 0. The molecule has 0 heterocycles. The molecule has 34 heavy (non-hydrogen) atoms. The van der Waals surface area contributed by atoms with Crippen molar-refractivity contribution in [1.82, 2.24) is 5.32 Å². The zero-order chi connectivity index (χ0) is 23.7. The molecule has 0 spiro atoms. The van der Waals surface area contributed by atoms with E-state index >= 15 is 0 Å². The van der Waals surface area contributed by atoms with Crippen LogP contribution in [-0.2, 0) is 16.0 Å². The van der Waals surface area contributed by atoms with Gasteiger partial charge in [0.1, 0.15) is 18.4 Å². The fourth-order valence-electron chi connectivity index (χ4n) is 4.72. The molecule has 170 valence electrons. The van der Waals surface area contributed by atoms with E-state index < -0.39 is 18.1 Å². The minimum atomic E-state index is -1.16. The molecule has 0 bridgehead atoms. The highest BCUT2D eigenvalue weighted by atomic mass is 16.5. The number of carbonyl (C=O) groups excluding carboxylic acids is 1. The summed E-state index contributed by atoms with van der Waals surface area (Å²) in [6.07, 6.45) is -0.686. The van der Waals surface area contributed by atoms with Gasteiger partial charge < -0.3 is 20.3 Å². The van der Waals surface area contributed by atoms with Crippen LogP contribution in [0.3, 0.4) is 0 Å². The van der Waals surface area contributed by atoms with Crippen LogP contribution < -0.4 is 5.32 Å². The second kappa shape index (κ2) is 8.90. The van der Waals surface area contributed by atoms with Crippen molar-refractivity contribution in [2.75, 3.05) is 6.61 Å². The number of carbonyl (C=O) groups is 2. The van der Waals surface area contributed by atoms with Crippen LogP contribution >= 0.6 is 0 Å². The molecule has 0 saturated carbocycles. The van der Waals surface area contributed by atoms with E-state index in [0.29, 0.717) is 0 Å². The van der Waals surface area contributed by atoms with Crippen molar-refractivity contribution in [3.63, 3.8) is 0 Å². The summed E-state index contributed by atoms with van der Waals surface area (Å²) in [7, 11) is 0. The summed E-state index contributed by atoms with van der Waals surface area (Å²) in [5.74, 6) is -1.12. The van der Waals surface area contributed by atoms with Gasteiger partial charge in [-0.2, -0.15) is 0 Å². The molecule has 3 N–H and O–H groups in total. The third-order valence-electron chi connectivity index (χ3n) is 6.31. The molecule has 1 amide bonds. The number of nitrogens with one attached hydrogen (secondary N) is 1. The first kappa shape index (κ1) is 21.5. The number of aliphatic carboxylic acids is 1. The van der Waals surface area contributed by atoms with E-state index in [-0.39, 0.29) is 24.7 Å². The highest BCUT2D eigenvalue weighted by Crippen LogP contribution is 2.44. The Balaban J connectivity index is 1.30. The van der Waals surface area contributed by atoms with Crippen molar-refractivity contribution in [3.8, 4) is 16.9 Å². The van der Waals surface area contributed by atoms with Crippen LogP contribution in [0.5, 0.6) is 5.75 Å². The van der Waals surface area contributed by atoms with Gasteiger partial charge in [-0.15, -0.1) is 0 Å². The highest BCUT2D eigenvalue weighted by molar-refractivity contribution is 5.88. The summed E-state index contributed by atoms with van der Waals surface area (Å²) in [6.45, 7) is 0.111. The van der Waals surface area contributed by atoms with Crippen LogP contribution in [0.1, 0.15) is 22.6 Å². The van der Waals surface area contributed by atoms with Gasteiger partial charge in [0.25, 0.3) is 0 Å². The molecular formula is C28H23NO5. The number of hydrogen-bond acceptors (Lipinski definition) is 4. The van der Waals surface area contributed by atoms with Crippen LogP contribution in [0.2, 0.25) is 0 Å². The maximum absolute atomic E-state index is 12.6. The van der Waals surface area contributed by atoms with Crippen LogP contribution in [-0.4, -0.2) is 34.9 Å². The Morgan fingerprint density at radius 3 is 2.24 bits per heavy atom. The minimum Gasteiger partial charge on any atom is -0.508 e. The van der Waals surface area contributed by atoms with Gasteiger partial charge in [-0.3, -0.25) is 0 Å². The summed E-state index contributed by atoms with van der Waals surface area (Å²) in [4.78, 5) is 24.5. The predicted octanol–water partition coefficient (Wildman–Crippen LogP) is 5.08. The number of benzene rings is 4. The smallest absolute Gasteiger partial charge is 0.407 e. The molecule has 0 fully saturated rings. The van der Waals surface area contributed by atoms with Gasteiger partial charge in [-0.1, -0.05) is 72.8 Å². The minimum absolute atomic E-state index is 0.0850. The fourth-order valence-corrected chi connectivity index (χ4v) is 4.72. The molecular weight excluding hydrogens is 430 g/mol. The molecule has 6 heteroatoms. The number of ether oxygens (including phenoxy) is 1. The van der Waals surface area contributed by atoms with Gasteiger partial charge >= 0.3 is 12.1 Å². The summed E-state index contributed by atoms with van der Waals surface area (Å²) < 4.78 is 5.51. The van der Waals surface area contributed by atoms with E-state index in [1.807, 2.05) is 48.5 Å². The maximum Gasteiger partial charge on any atom is 0.407 e. The largest absolute Gasteiger partial charge is 0.508 e. The van der Waals surface area contributed by atoms with Crippen molar-refractivity contribution in [2.45, 2.75) is 18.4 Å². The van der Waals surface area contributed by atoms with Crippen molar-refractivity contribution >= 4 is 22.8 Å². The maximum atomic E-state index is 12.6. The van der Waals surface area contributed by atoms with Crippen LogP contribution in [0.25, 0.3) is 21.9 Å². The van der Waals surface area contributed by atoms with E-state index in [4.69, 9.17) is 4.74 Å². The van der Waals surface area contributed by atoms with E-state index in [1.54, 1.807) is 24.3 Å². The summed E-state index contributed by atoms with van der Waals surface area (Å²) in [5.41, 5.74) is 5.18. The highest BCUT2D eigenvalue weighted by Gasteiger charge is 2.30. The molecule has 1 atom stereocenters. The Hall–Kier alpha value is -4.32. The van der Waals surface area contributed by atoms with E-state index in [9.17, 15) is 19.8 Å². The van der Waals surface area contributed by atoms with Crippen LogP contribution in [0.4, 0.5) is 4.79 Å². The number of amides is 1. The lowest BCUT2D eigenvalue weighted by atomic mass is 9.98. The fraction of sp³-hybridized carbons (Fsp3) is 0.143. The number of carboxylic acid groups (broad SMARTS) is 1. The number of hydrogen-bond donors (Lipinski definition) is 3. The average Bonchev–Trinajstić information content (AvgIpc) is 3.16. The van der Waals surface area contributed by atoms with E-state index in [0.717, 1.165) is 38.6 Å². The SMILES string of the molecule is O=C(N[C@@H](Cc1cccc2cc(O)ccc12)C(=O)O)OCC1c2ccccc2-c2ccccc21. The zero-order valence-corrected chi connectivity index (χ0v) is 18.3.